The molecule has 0 saturated heterocycles. The molecule has 0 aromatic heterocycles. The fourth-order valence-corrected chi connectivity index (χ4v) is 2.45. The van der Waals surface area contributed by atoms with E-state index in [4.69, 9.17) is 5.11 Å². The van der Waals surface area contributed by atoms with E-state index in [1.165, 1.54) is 18.2 Å². The first-order valence-corrected chi connectivity index (χ1v) is 6.27. The molecule has 0 bridgehead atoms. The van der Waals surface area contributed by atoms with Gasteiger partial charge in [-0.25, -0.2) is 4.39 Å². The average Bonchev–Trinajstić information content (AvgIpc) is 2.82. The van der Waals surface area contributed by atoms with Crippen LogP contribution in [0.2, 0.25) is 0 Å². The van der Waals surface area contributed by atoms with Crippen LogP contribution in [0.5, 0.6) is 0 Å². The maximum absolute atomic E-state index is 12.9. The number of benzene rings is 1. The molecule has 2 unspecified atom stereocenters. The highest BCUT2D eigenvalue weighted by atomic mass is 19.1. The van der Waals surface area contributed by atoms with Gasteiger partial charge in [0.1, 0.15) is 5.82 Å². The van der Waals surface area contributed by atoms with Gasteiger partial charge in [-0.1, -0.05) is 0 Å². The highest BCUT2D eigenvalue weighted by Crippen LogP contribution is 2.32. The van der Waals surface area contributed by atoms with Crippen molar-refractivity contribution >= 4 is 17.6 Å². The second-order valence-corrected chi connectivity index (χ2v) is 4.99. The summed E-state index contributed by atoms with van der Waals surface area (Å²) < 4.78 is 12.9. The molecule has 0 spiro atoms. The number of amides is 1. The highest BCUT2D eigenvalue weighted by molar-refractivity contribution is 5.93. The van der Waals surface area contributed by atoms with E-state index < -0.39 is 11.9 Å². The largest absolute Gasteiger partial charge is 0.481 e. The Labute approximate surface area is 110 Å². The topological polar surface area (TPSA) is 66.4 Å². The Hall–Kier alpha value is -1.91. The number of carboxylic acids is 1. The minimum atomic E-state index is -0.840. The number of aliphatic carboxylic acids is 1. The average molecular weight is 265 g/mol. The first-order chi connectivity index (χ1) is 8.97. The molecular weight excluding hydrogens is 249 g/mol. The Morgan fingerprint density at radius 2 is 2.00 bits per heavy atom. The van der Waals surface area contributed by atoms with Gasteiger partial charge in [-0.3, -0.25) is 9.59 Å². The van der Waals surface area contributed by atoms with Crippen molar-refractivity contribution in [2.45, 2.75) is 26.2 Å². The predicted molar refractivity (Wildman–Crippen MR) is 68.2 cm³/mol. The summed E-state index contributed by atoms with van der Waals surface area (Å²) in [5.74, 6) is -2.07. The number of carboxylic acid groups (broad SMARTS) is 1. The number of aryl methyl sites for hydroxylation is 1. The number of halogens is 1. The van der Waals surface area contributed by atoms with Crippen molar-refractivity contribution in [1.82, 2.24) is 0 Å². The van der Waals surface area contributed by atoms with Gasteiger partial charge in [-0.15, -0.1) is 0 Å². The van der Waals surface area contributed by atoms with Crippen molar-refractivity contribution < 1.29 is 19.1 Å². The molecule has 1 fully saturated rings. The number of nitrogens with one attached hydrogen (secondary N) is 1. The lowest BCUT2D eigenvalue weighted by Gasteiger charge is -2.12. The lowest BCUT2D eigenvalue weighted by Crippen LogP contribution is -2.22. The van der Waals surface area contributed by atoms with Gasteiger partial charge in [0.2, 0.25) is 5.91 Å². The van der Waals surface area contributed by atoms with Crippen LogP contribution in [0.4, 0.5) is 10.1 Å². The van der Waals surface area contributed by atoms with Gasteiger partial charge in [0.05, 0.1) is 5.92 Å². The first-order valence-electron chi connectivity index (χ1n) is 6.27. The lowest BCUT2D eigenvalue weighted by atomic mass is 10.0. The number of carbonyl (C=O) groups is 2. The van der Waals surface area contributed by atoms with Gasteiger partial charge >= 0.3 is 5.97 Å². The molecule has 1 saturated carbocycles. The van der Waals surface area contributed by atoms with Crippen LogP contribution in [-0.2, 0) is 9.59 Å². The van der Waals surface area contributed by atoms with E-state index in [-0.39, 0.29) is 17.6 Å². The Kier molecular flexibility index (Phi) is 3.83. The SMILES string of the molecule is Cc1cc(F)ccc1NC(=O)C1CCC(C(=O)O)C1. The molecule has 19 heavy (non-hydrogen) atoms. The smallest absolute Gasteiger partial charge is 0.306 e. The van der Waals surface area contributed by atoms with Crippen LogP contribution in [0.25, 0.3) is 0 Å². The van der Waals surface area contributed by atoms with Crippen molar-refractivity contribution in [2.75, 3.05) is 5.32 Å². The lowest BCUT2D eigenvalue weighted by molar-refractivity contribution is -0.141. The molecule has 1 aromatic carbocycles. The van der Waals surface area contributed by atoms with Crippen LogP contribution in [0, 0.1) is 24.6 Å². The van der Waals surface area contributed by atoms with E-state index in [0.29, 0.717) is 30.5 Å². The molecule has 1 amide bonds. The van der Waals surface area contributed by atoms with Crippen molar-refractivity contribution in [3.05, 3.63) is 29.6 Å². The highest BCUT2D eigenvalue weighted by Gasteiger charge is 2.33. The fraction of sp³-hybridized carbons (Fsp3) is 0.429. The van der Waals surface area contributed by atoms with Gasteiger partial charge in [0.25, 0.3) is 0 Å². The molecule has 2 atom stereocenters. The van der Waals surface area contributed by atoms with E-state index in [9.17, 15) is 14.0 Å². The number of hydrogen-bond acceptors (Lipinski definition) is 2. The van der Waals surface area contributed by atoms with E-state index in [0.717, 1.165) is 0 Å². The summed E-state index contributed by atoms with van der Waals surface area (Å²) in [5.41, 5.74) is 1.23. The summed E-state index contributed by atoms with van der Waals surface area (Å²) in [6, 6.07) is 4.16. The van der Waals surface area contributed by atoms with Crippen molar-refractivity contribution in [3.8, 4) is 0 Å². The molecule has 0 radical (unpaired) electrons. The van der Waals surface area contributed by atoms with Gasteiger partial charge in [0.15, 0.2) is 0 Å². The standard InChI is InChI=1S/C14H16FNO3/c1-8-6-11(15)4-5-12(8)16-13(17)9-2-3-10(7-9)14(18)19/h4-6,9-10H,2-3,7H2,1H3,(H,16,17)(H,18,19). The van der Waals surface area contributed by atoms with Gasteiger partial charge in [-0.2, -0.15) is 0 Å². The Morgan fingerprint density at radius 3 is 2.58 bits per heavy atom. The molecule has 102 valence electrons. The van der Waals surface area contributed by atoms with E-state index in [1.807, 2.05) is 0 Å². The normalized spacial score (nSPS) is 22.2. The summed E-state index contributed by atoms with van der Waals surface area (Å²) in [6.45, 7) is 1.72. The van der Waals surface area contributed by atoms with E-state index in [1.54, 1.807) is 6.92 Å². The van der Waals surface area contributed by atoms with Crippen molar-refractivity contribution in [1.29, 1.82) is 0 Å². The number of hydrogen-bond donors (Lipinski definition) is 2. The number of rotatable bonds is 3. The van der Waals surface area contributed by atoms with Crippen LogP contribution in [0.3, 0.4) is 0 Å². The predicted octanol–water partition coefficient (Wildman–Crippen LogP) is 2.57. The van der Waals surface area contributed by atoms with Gasteiger partial charge in [-0.05, 0) is 49.9 Å². The maximum atomic E-state index is 12.9. The first kappa shape index (κ1) is 13.5. The third-order valence-corrected chi connectivity index (χ3v) is 3.60. The van der Waals surface area contributed by atoms with Crippen LogP contribution in [-0.4, -0.2) is 17.0 Å². The van der Waals surface area contributed by atoms with Gasteiger partial charge in [0, 0.05) is 11.6 Å². The van der Waals surface area contributed by atoms with Crippen LogP contribution < -0.4 is 5.32 Å². The third kappa shape index (κ3) is 3.10. The third-order valence-electron chi connectivity index (χ3n) is 3.60. The molecular formula is C14H16FNO3. The number of carbonyl (C=O) groups excluding carboxylic acids is 1. The van der Waals surface area contributed by atoms with Crippen molar-refractivity contribution in [3.63, 3.8) is 0 Å². The molecule has 0 aliphatic heterocycles. The van der Waals surface area contributed by atoms with Crippen LogP contribution in [0.1, 0.15) is 24.8 Å². The Balaban J connectivity index is 2.00. The molecule has 1 aliphatic rings. The molecule has 0 heterocycles. The summed E-state index contributed by atoms with van der Waals surface area (Å²) >= 11 is 0. The summed E-state index contributed by atoms with van der Waals surface area (Å²) in [6.07, 6.45) is 1.50. The molecule has 1 aromatic rings. The second-order valence-electron chi connectivity index (χ2n) is 4.99. The zero-order chi connectivity index (χ0) is 14.0. The Bertz CT molecular complexity index is 515. The van der Waals surface area contributed by atoms with Crippen LogP contribution in [0.15, 0.2) is 18.2 Å². The maximum Gasteiger partial charge on any atom is 0.306 e. The quantitative estimate of drug-likeness (QED) is 0.882. The molecule has 5 heteroatoms. The molecule has 4 nitrogen and oxygen atoms in total. The molecule has 2 N–H and O–H groups in total. The van der Waals surface area contributed by atoms with Crippen LogP contribution >= 0.6 is 0 Å². The van der Waals surface area contributed by atoms with Crippen molar-refractivity contribution in [2.24, 2.45) is 11.8 Å². The molecule has 2 rings (SSSR count). The second kappa shape index (κ2) is 5.38. The zero-order valence-corrected chi connectivity index (χ0v) is 10.6. The minimum absolute atomic E-state index is 0.182. The molecule has 1 aliphatic carbocycles. The fourth-order valence-electron chi connectivity index (χ4n) is 2.45. The number of anilines is 1. The summed E-state index contributed by atoms with van der Waals surface area (Å²) in [7, 11) is 0. The minimum Gasteiger partial charge on any atom is -0.481 e. The zero-order valence-electron chi connectivity index (χ0n) is 10.6. The van der Waals surface area contributed by atoms with Gasteiger partial charge < -0.3 is 10.4 Å². The van der Waals surface area contributed by atoms with E-state index >= 15 is 0 Å². The van der Waals surface area contributed by atoms with E-state index in [2.05, 4.69) is 5.32 Å². The summed E-state index contributed by atoms with van der Waals surface area (Å²) in [4.78, 5) is 22.9. The summed E-state index contributed by atoms with van der Waals surface area (Å²) in [5, 5.41) is 11.6. The monoisotopic (exact) mass is 265 g/mol. The Morgan fingerprint density at radius 1 is 1.32 bits per heavy atom.